The molecule has 3 saturated carbocycles. The van der Waals surface area contributed by atoms with Gasteiger partial charge in [-0.15, -0.1) is 0 Å². The van der Waals surface area contributed by atoms with Crippen LogP contribution >= 0.6 is 0 Å². The zero-order valence-electron chi connectivity index (χ0n) is 16.0. The van der Waals surface area contributed by atoms with Crippen molar-refractivity contribution in [1.29, 1.82) is 0 Å². The van der Waals surface area contributed by atoms with Gasteiger partial charge in [0.2, 0.25) is 5.91 Å². The predicted octanol–water partition coefficient (Wildman–Crippen LogP) is 1.01. The summed E-state index contributed by atoms with van der Waals surface area (Å²) in [6.07, 6.45) is 1.98. The Morgan fingerprint density at radius 3 is 2.38 bits per heavy atom. The summed E-state index contributed by atoms with van der Waals surface area (Å²) in [6.45, 7) is 7.74. The minimum Gasteiger partial charge on any atom is -0.444 e. The molecule has 2 bridgehead atoms. The Balaban J connectivity index is 1.39. The molecule has 0 aromatic heterocycles. The number of carbonyl (C=O) groups excluding carboxylic acids is 3. The molecule has 2 heterocycles. The first kappa shape index (κ1) is 17.4. The van der Waals surface area contributed by atoms with E-state index in [-0.39, 0.29) is 35.0 Å². The Morgan fingerprint density at radius 1 is 1.15 bits per heavy atom. The average Bonchev–Trinajstić information content (AvgIpc) is 2.79. The molecule has 1 atom stereocenters. The van der Waals surface area contributed by atoms with Gasteiger partial charge < -0.3 is 24.8 Å². The summed E-state index contributed by atoms with van der Waals surface area (Å²) in [5.74, 6) is 0.0971. The van der Waals surface area contributed by atoms with Crippen molar-refractivity contribution in [3.8, 4) is 0 Å². The summed E-state index contributed by atoms with van der Waals surface area (Å²) >= 11 is 0. The highest BCUT2D eigenvalue weighted by Gasteiger charge is 2.75. The van der Waals surface area contributed by atoms with Crippen molar-refractivity contribution in [3.63, 3.8) is 0 Å². The van der Waals surface area contributed by atoms with Crippen molar-refractivity contribution >= 4 is 18.0 Å². The summed E-state index contributed by atoms with van der Waals surface area (Å²) in [4.78, 5) is 42.7. The highest BCUT2D eigenvalue weighted by molar-refractivity contribution is 5.88. The van der Waals surface area contributed by atoms with Crippen LogP contribution in [0, 0.1) is 5.41 Å². The standard InChI is InChI=1S/C18H28N4O4/c1-16(2,3)26-15(25)20-5-6-21-12(7-20)8-22(14(21)24)18-9-17(10-18,11-18)13(23)19-4/h12H,5-11H2,1-4H3,(H,19,23)/t12-,17?,18?/m0/s1. The van der Waals surface area contributed by atoms with Crippen LogP contribution in [0.3, 0.4) is 0 Å². The molecule has 0 aromatic rings. The van der Waals surface area contributed by atoms with E-state index in [1.807, 2.05) is 30.6 Å². The molecule has 0 spiro atoms. The molecule has 0 radical (unpaired) electrons. The zero-order valence-corrected chi connectivity index (χ0v) is 16.0. The van der Waals surface area contributed by atoms with Gasteiger partial charge in [-0.05, 0) is 40.0 Å². The number of ether oxygens (including phenoxy) is 1. The Morgan fingerprint density at radius 2 is 1.81 bits per heavy atom. The Kier molecular flexibility index (Phi) is 3.53. The van der Waals surface area contributed by atoms with Gasteiger partial charge >= 0.3 is 12.1 Å². The molecule has 8 nitrogen and oxygen atoms in total. The summed E-state index contributed by atoms with van der Waals surface area (Å²) in [7, 11) is 1.67. The second-order valence-corrected chi connectivity index (χ2v) is 9.28. The number of hydrogen-bond donors (Lipinski definition) is 1. The zero-order chi connectivity index (χ0) is 18.9. The minimum atomic E-state index is -0.522. The van der Waals surface area contributed by atoms with Crippen LogP contribution in [0.15, 0.2) is 0 Å². The highest BCUT2D eigenvalue weighted by Crippen LogP contribution is 2.70. The molecule has 2 saturated heterocycles. The largest absolute Gasteiger partial charge is 0.444 e. The Hall–Kier alpha value is -1.99. The molecule has 144 valence electrons. The number of piperazine rings is 1. The second-order valence-electron chi connectivity index (χ2n) is 9.28. The third-order valence-corrected chi connectivity index (χ3v) is 6.29. The summed E-state index contributed by atoms with van der Waals surface area (Å²) in [5, 5.41) is 2.74. The molecule has 1 N–H and O–H groups in total. The van der Waals surface area contributed by atoms with Gasteiger partial charge in [-0.3, -0.25) is 4.79 Å². The summed E-state index contributed by atoms with van der Waals surface area (Å²) in [5.41, 5.74) is -0.913. The number of nitrogens with zero attached hydrogens (tertiary/aromatic N) is 3. The number of carbonyl (C=O) groups is 3. The van der Waals surface area contributed by atoms with Gasteiger partial charge in [0.05, 0.1) is 11.5 Å². The number of hydrogen-bond acceptors (Lipinski definition) is 4. The van der Waals surface area contributed by atoms with Crippen molar-refractivity contribution in [3.05, 3.63) is 0 Å². The smallest absolute Gasteiger partial charge is 0.410 e. The fraction of sp³-hybridized carbons (Fsp3) is 0.833. The van der Waals surface area contributed by atoms with E-state index in [0.717, 1.165) is 19.3 Å². The molecular weight excluding hydrogens is 336 g/mol. The van der Waals surface area contributed by atoms with E-state index in [9.17, 15) is 14.4 Å². The third kappa shape index (κ3) is 2.37. The van der Waals surface area contributed by atoms with Crippen LogP contribution in [0.25, 0.3) is 0 Å². The quantitative estimate of drug-likeness (QED) is 0.793. The lowest BCUT2D eigenvalue weighted by Gasteiger charge is -2.71. The first-order valence-electron chi connectivity index (χ1n) is 9.38. The Bertz CT molecular complexity index is 651. The lowest BCUT2D eigenvalue weighted by molar-refractivity contribution is -0.204. The minimum absolute atomic E-state index is 0.00810. The maximum Gasteiger partial charge on any atom is 0.410 e. The van der Waals surface area contributed by atoms with Crippen LogP contribution in [0.1, 0.15) is 40.0 Å². The van der Waals surface area contributed by atoms with Crippen LogP contribution in [0.4, 0.5) is 9.59 Å². The van der Waals surface area contributed by atoms with Gasteiger partial charge in [-0.25, -0.2) is 9.59 Å². The summed E-state index contributed by atoms with van der Waals surface area (Å²) in [6, 6.07) is 0.0674. The third-order valence-electron chi connectivity index (χ3n) is 6.29. The number of fused-ring (bicyclic) bond motifs is 1. The van der Waals surface area contributed by atoms with Crippen LogP contribution < -0.4 is 5.32 Å². The number of amides is 4. The van der Waals surface area contributed by atoms with E-state index in [4.69, 9.17) is 4.74 Å². The lowest BCUT2D eigenvalue weighted by atomic mass is 9.38. The van der Waals surface area contributed by atoms with Crippen molar-refractivity contribution in [1.82, 2.24) is 20.0 Å². The van der Waals surface area contributed by atoms with Crippen LogP contribution in [-0.4, -0.2) is 83.1 Å². The van der Waals surface area contributed by atoms with Crippen molar-refractivity contribution in [2.45, 2.75) is 57.2 Å². The lowest BCUT2D eigenvalue weighted by Crippen LogP contribution is -2.78. The average molecular weight is 364 g/mol. The Labute approximate surface area is 153 Å². The molecule has 5 aliphatic rings. The van der Waals surface area contributed by atoms with Crippen molar-refractivity contribution in [2.24, 2.45) is 5.41 Å². The predicted molar refractivity (Wildman–Crippen MR) is 93.5 cm³/mol. The molecule has 0 unspecified atom stereocenters. The first-order valence-corrected chi connectivity index (χ1v) is 9.38. The molecular formula is C18H28N4O4. The SMILES string of the molecule is CNC(=O)C12CC(N3C[C@@H]4CN(C(=O)OC(C)(C)C)CCN4C3=O)(C1)C2. The molecule has 3 aliphatic carbocycles. The molecule has 26 heavy (non-hydrogen) atoms. The van der Waals surface area contributed by atoms with Crippen LogP contribution in [0.5, 0.6) is 0 Å². The van der Waals surface area contributed by atoms with E-state index in [2.05, 4.69) is 5.32 Å². The van der Waals surface area contributed by atoms with Crippen molar-refractivity contribution in [2.75, 3.05) is 33.2 Å². The molecule has 8 heteroatoms. The number of urea groups is 1. The van der Waals surface area contributed by atoms with Crippen molar-refractivity contribution < 1.29 is 19.1 Å². The second kappa shape index (κ2) is 5.27. The molecule has 5 fully saturated rings. The van der Waals surface area contributed by atoms with Gasteiger partial charge in [0.15, 0.2) is 0 Å². The van der Waals surface area contributed by atoms with Gasteiger partial charge in [-0.2, -0.15) is 0 Å². The molecule has 2 aliphatic heterocycles. The molecule has 5 rings (SSSR count). The number of nitrogens with one attached hydrogen (secondary N) is 1. The molecule has 4 amide bonds. The maximum absolute atomic E-state index is 12.9. The van der Waals surface area contributed by atoms with Crippen LogP contribution in [0.2, 0.25) is 0 Å². The monoisotopic (exact) mass is 364 g/mol. The van der Waals surface area contributed by atoms with Gasteiger partial charge in [0.1, 0.15) is 5.60 Å². The first-order chi connectivity index (χ1) is 12.1. The fourth-order valence-electron chi connectivity index (χ4n) is 5.12. The van der Waals surface area contributed by atoms with Gasteiger partial charge in [-0.1, -0.05) is 0 Å². The normalized spacial score (nSPS) is 35.5. The maximum atomic E-state index is 12.9. The molecule has 0 aromatic carbocycles. The number of rotatable bonds is 2. The highest BCUT2D eigenvalue weighted by atomic mass is 16.6. The summed E-state index contributed by atoms with van der Waals surface area (Å²) < 4.78 is 5.46. The van der Waals surface area contributed by atoms with Gasteiger partial charge in [0, 0.05) is 38.8 Å². The van der Waals surface area contributed by atoms with Gasteiger partial charge in [0.25, 0.3) is 0 Å². The van der Waals surface area contributed by atoms with Crippen LogP contribution in [-0.2, 0) is 9.53 Å². The van der Waals surface area contributed by atoms with E-state index in [1.165, 1.54) is 0 Å². The topological polar surface area (TPSA) is 82.2 Å². The fourth-order valence-corrected chi connectivity index (χ4v) is 5.12. The van der Waals surface area contributed by atoms with E-state index in [0.29, 0.717) is 26.2 Å². The van der Waals surface area contributed by atoms with E-state index < -0.39 is 5.60 Å². The van der Waals surface area contributed by atoms with E-state index in [1.54, 1.807) is 11.9 Å². The van der Waals surface area contributed by atoms with E-state index >= 15 is 0 Å².